The van der Waals surface area contributed by atoms with E-state index in [-0.39, 0.29) is 5.56 Å². The summed E-state index contributed by atoms with van der Waals surface area (Å²) in [5.41, 5.74) is 5.29. The number of rotatable bonds is 2. The lowest BCUT2D eigenvalue weighted by molar-refractivity contribution is -0.117. The van der Waals surface area contributed by atoms with E-state index in [0.717, 1.165) is 11.3 Å². The number of carbonyl (C=O) groups excluding carboxylic acids is 3. The van der Waals surface area contributed by atoms with Crippen molar-refractivity contribution in [2.45, 2.75) is 6.92 Å². The van der Waals surface area contributed by atoms with E-state index in [0.29, 0.717) is 5.00 Å². The smallest absolute Gasteiger partial charge is 0.326 e. The third-order valence-corrected chi connectivity index (χ3v) is 2.28. The van der Waals surface area contributed by atoms with Gasteiger partial charge in [0.1, 0.15) is 5.00 Å². The minimum atomic E-state index is -0.688. The lowest BCUT2D eigenvalue weighted by atomic mass is 10.3. The van der Waals surface area contributed by atoms with Gasteiger partial charge in [0.25, 0.3) is 5.91 Å². The van der Waals surface area contributed by atoms with Gasteiger partial charge in [-0.05, 0) is 11.4 Å². The Kier molecular flexibility index (Phi) is 3.40. The van der Waals surface area contributed by atoms with Crippen molar-refractivity contribution >= 4 is 34.2 Å². The summed E-state index contributed by atoms with van der Waals surface area (Å²) in [4.78, 5) is 32.5. The van der Waals surface area contributed by atoms with Gasteiger partial charge in [-0.1, -0.05) is 0 Å². The molecular formula is C8H9N3O3S. The fraction of sp³-hybridized carbons (Fsp3) is 0.125. The van der Waals surface area contributed by atoms with E-state index in [1.165, 1.54) is 13.0 Å². The molecule has 0 spiro atoms. The molecule has 0 saturated heterocycles. The Morgan fingerprint density at radius 2 is 2.07 bits per heavy atom. The van der Waals surface area contributed by atoms with Gasteiger partial charge < -0.3 is 5.73 Å². The van der Waals surface area contributed by atoms with Crippen LogP contribution in [-0.2, 0) is 4.79 Å². The maximum absolute atomic E-state index is 11.1. The highest BCUT2D eigenvalue weighted by molar-refractivity contribution is 7.14. The first-order valence-corrected chi connectivity index (χ1v) is 4.84. The van der Waals surface area contributed by atoms with Crippen molar-refractivity contribution < 1.29 is 14.4 Å². The van der Waals surface area contributed by atoms with Crippen LogP contribution in [0.5, 0.6) is 0 Å². The molecule has 0 aliphatic carbocycles. The van der Waals surface area contributed by atoms with Crippen molar-refractivity contribution in [3.05, 3.63) is 17.0 Å². The molecule has 1 aromatic rings. The van der Waals surface area contributed by atoms with Gasteiger partial charge in [-0.2, -0.15) is 0 Å². The molecule has 0 saturated carbocycles. The number of thiophene rings is 1. The second kappa shape index (κ2) is 4.56. The average molecular weight is 227 g/mol. The van der Waals surface area contributed by atoms with E-state index in [1.54, 1.807) is 5.38 Å². The Bertz CT molecular complexity index is 413. The highest BCUT2D eigenvalue weighted by Crippen LogP contribution is 2.22. The van der Waals surface area contributed by atoms with E-state index < -0.39 is 17.8 Å². The number of carbonyl (C=O) groups is 3. The average Bonchev–Trinajstić information content (AvgIpc) is 2.50. The third kappa shape index (κ3) is 3.06. The molecule has 0 bridgehead atoms. The zero-order valence-electron chi connectivity index (χ0n) is 7.87. The van der Waals surface area contributed by atoms with Gasteiger partial charge in [0, 0.05) is 6.92 Å². The monoisotopic (exact) mass is 227 g/mol. The molecule has 4 amide bonds. The van der Waals surface area contributed by atoms with Gasteiger partial charge in [-0.15, -0.1) is 11.3 Å². The van der Waals surface area contributed by atoms with Crippen LogP contribution in [0.2, 0.25) is 0 Å². The van der Waals surface area contributed by atoms with E-state index in [1.807, 2.05) is 5.32 Å². The first-order valence-electron chi connectivity index (χ1n) is 3.96. The number of hydrogen-bond acceptors (Lipinski definition) is 4. The summed E-state index contributed by atoms with van der Waals surface area (Å²) in [6.07, 6.45) is 0. The van der Waals surface area contributed by atoms with Gasteiger partial charge in [0.15, 0.2) is 0 Å². The van der Waals surface area contributed by atoms with Crippen LogP contribution < -0.4 is 16.4 Å². The van der Waals surface area contributed by atoms with Gasteiger partial charge in [0.2, 0.25) is 5.91 Å². The van der Waals surface area contributed by atoms with Crippen LogP contribution in [-0.4, -0.2) is 17.8 Å². The number of imide groups is 1. The highest BCUT2D eigenvalue weighted by Gasteiger charge is 2.12. The predicted molar refractivity (Wildman–Crippen MR) is 55.7 cm³/mol. The molecule has 1 rings (SSSR count). The topological polar surface area (TPSA) is 101 Å². The molecule has 0 aromatic carbocycles. The fourth-order valence-corrected chi connectivity index (χ4v) is 1.68. The minimum absolute atomic E-state index is 0.221. The Morgan fingerprint density at radius 1 is 1.40 bits per heavy atom. The zero-order chi connectivity index (χ0) is 11.4. The fourth-order valence-electron chi connectivity index (χ4n) is 0.894. The third-order valence-electron chi connectivity index (χ3n) is 1.45. The van der Waals surface area contributed by atoms with Gasteiger partial charge >= 0.3 is 6.03 Å². The maximum atomic E-state index is 11.1. The number of primary amides is 1. The molecular weight excluding hydrogens is 218 g/mol. The second-order valence-corrected chi connectivity index (χ2v) is 3.58. The lowest BCUT2D eigenvalue weighted by Gasteiger charge is -2.03. The standard InChI is InChI=1S/C8H9N3O3S/c1-4(12)10-8(14)11-7-5(6(9)13)2-3-15-7/h2-3H,1H3,(H2,9,13)(H2,10,11,12,14). The zero-order valence-corrected chi connectivity index (χ0v) is 8.68. The van der Waals surface area contributed by atoms with Crippen LogP contribution in [0.1, 0.15) is 17.3 Å². The van der Waals surface area contributed by atoms with E-state index in [4.69, 9.17) is 5.73 Å². The first-order chi connectivity index (χ1) is 7.00. The van der Waals surface area contributed by atoms with Crippen LogP contribution in [0.15, 0.2) is 11.4 Å². The van der Waals surface area contributed by atoms with Gasteiger partial charge in [-0.25, -0.2) is 4.79 Å². The van der Waals surface area contributed by atoms with Crippen molar-refractivity contribution in [3.63, 3.8) is 0 Å². The quantitative estimate of drug-likeness (QED) is 0.686. The number of anilines is 1. The Hall–Kier alpha value is -1.89. The molecule has 15 heavy (non-hydrogen) atoms. The summed E-state index contributed by atoms with van der Waals surface area (Å²) in [7, 11) is 0. The number of nitrogens with one attached hydrogen (secondary N) is 2. The Morgan fingerprint density at radius 3 is 2.60 bits per heavy atom. The van der Waals surface area contributed by atoms with Crippen LogP contribution >= 0.6 is 11.3 Å². The second-order valence-electron chi connectivity index (χ2n) is 2.66. The summed E-state index contributed by atoms with van der Waals surface area (Å²) in [6.45, 7) is 1.21. The molecule has 0 aliphatic heterocycles. The van der Waals surface area contributed by atoms with Crippen LogP contribution in [0.25, 0.3) is 0 Å². The summed E-state index contributed by atoms with van der Waals surface area (Å²) in [5.74, 6) is -1.11. The highest BCUT2D eigenvalue weighted by atomic mass is 32.1. The van der Waals surface area contributed by atoms with Crippen LogP contribution in [0.4, 0.5) is 9.80 Å². The normalized spacial score (nSPS) is 9.40. The molecule has 1 aromatic heterocycles. The van der Waals surface area contributed by atoms with Crippen molar-refractivity contribution in [2.75, 3.05) is 5.32 Å². The number of amides is 4. The summed E-state index contributed by atoms with van der Waals surface area (Å²) < 4.78 is 0. The molecule has 0 aliphatic rings. The van der Waals surface area contributed by atoms with E-state index >= 15 is 0 Å². The molecule has 4 N–H and O–H groups in total. The molecule has 80 valence electrons. The van der Waals surface area contributed by atoms with Crippen molar-refractivity contribution in [3.8, 4) is 0 Å². The summed E-state index contributed by atoms with van der Waals surface area (Å²) >= 11 is 1.15. The minimum Gasteiger partial charge on any atom is -0.366 e. The van der Waals surface area contributed by atoms with E-state index in [9.17, 15) is 14.4 Å². The summed E-state index contributed by atoms with van der Waals surface area (Å²) in [5, 5.41) is 6.30. The van der Waals surface area contributed by atoms with Crippen molar-refractivity contribution in [2.24, 2.45) is 5.73 Å². The van der Waals surface area contributed by atoms with E-state index in [2.05, 4.69) is 5.32 Å². The van der Waals surface area contributed by atoms with Gasteiger partial charge in [-0.3, -0.25) is 20.2 Å². The lowest BCUT2D eigenvalue weighted by Crippen LogP contribution is -2.32. The predicted octanol–water partition coefficient (Wildman–Crippen LogP) is 0.515. The van der Waals surface area contributed by atoms with Crippen molar-refractivity contribution in [1.29, 1.82) is 0 Å². The Balaban J connectivity index is 2.72. The largest absolute Gasteiger partial charge is 0.366 e. The van der Waals surface area contributed by atoms with Gasteiger partial charge in [0.05, 0.1) is 5.56 Å². The number of nitrogens with two attached hydrogens (primary N) is 1. The van der Waals surface area contributed by atoms with Crippen LogP contribution in [0, 0.1) is 0 Å². The van der Waals surface area contributed by atoms with Crippen molar-refractivity contribution in [1.82, 2.24) is 5.32 Å². The maximum Gasteiger partial charge on any atom is 0.326 e. The molecule has 6 nitrogen and oxygen atoms in total. The summed E-state index contributed by atoms with van der Waals surface area (Å²) in [6, 6.07) is 0.809. The SMILES string of the molecule is CC(=O)NC(=O)Nc1sccc1C(N)=O. The van der Waals surface area contributed by atoms with Crippen LogP contribution in [0.3, 0.4) is 0 Å². The molecule has 7 heteroatoms. The number of hydrogen-bond donors (Lipinski definition) is 3. The first kappa shape index (κ1) is 11.2. The molecule has 0 unspecified atom stereocenters. The molecule has 0 atom stereocenters. The Labute approximate surface area is 89.5 Å². The molecule has 1 heterocycles. The number of urea groups is 1. The molecule has 0 radical (unpaired) electrons. The molecule has 0 fully saturated rings.